The Balaban J connectivity index is 3.05. The number of carbonyl (C=O) groups is 2. The Kier molecular flexibility index (Phi) is 5.70. The highest BCUT2D eigenvalue weighted by Crippen LogP contribution is 2.25. The summed E-state index contributed by atoms with van der Waals surface area (Å²) in [5, 5.41) is 12.5. The second-order valence-corrected chi connectivity index (χ2v) is 3.68. The highest BCUT2D eigenvalue weighted by Gasteiger charge is 2.13. The van der Waals surface area contributed by atoms with E-state index in [1.807, 2.05) is 0 Å². The van der Waals surface area contributed by atoms with Gasteiger partial charge in [-0.25, -0.2) is 4.79 Å². The molecule has 0 radical (unpaired) electrons. The third kappa shape index (κ3) is 4.21. The molecule has 3 N–H and O–H groups in total. The van der Waals surface area contributed by atoms with Crippen molar-refractivity contribution >= 4 is 23.3 Å². The van der Waals surface area contributed by atoms with Gasteiger partial charge in [0.15, 0.2) is 0 Å². The molecular weight excluding hydrogens is 276 g/mol. The normalized spacial score (nSPS) is 10.4. The number of amides is 1. The first-order chi connectivity index (χ1) is 10.0. The summed E-state index contributed by atoms with van der Waals surface area (Å²) in [5.74, 6) is -1.11. The summed E-state index contributed by atoms with van der Waals surface area (Å²) >= 11 is 0. The van der Waals surface area contributed by atoms with Crippen molar-refractivity contribution in [2.24, 2.45) is 10.8 Å². The molecule has 8 nitrogen and oxygen atoms in total. The number of carbonyl (C=O) groups excluding carboxylic acids is 2. The summed E-state index contributed by atoms with van der Waals surface area (Å²) in [6, 6.07) is 5.99. The standard InChI is InChI=1S/C13H14N4O4/c1-3-21-13(19)10(7-14)17-16-9-6-8(12(15)18)4-5-11(9)20-2/h4-6,16H,3H2,1-2H3,(H2,15,18). The maximum Gasteiger partial charge on any atom is 0.369 e. The number of nitriles is 1. The van der Waals surface area contributed by atoms with Crippen LogP contribution in [0, 0.1) is 11.3 Å². The van der Waals surface area contributed by atoms with E-state index in [0.29, 0.717) is 5.75 Å². The highest BCUT2D eigenvalue weighted by atomic mass is 16.5. The molecule has 0 spiro atoms. The number of esters is 1. The van der Waals surface area contributed by atoms with Crippen LogP contribution in [0.3, 0.4) is 0 Å². The van der Waals surface area contributed by atoms with Gasteiger partial charge in [0.05, 0.1) is 19.4 Å². The second-order valence-electron chi connectivity index (χ2n) is 3.68. The minimum Gasteiger partial charge on any atom is -0.495 e. The Bertz CT molecular complexity index is 619. The van der Waals surface area contributed by atoms with Gasteiger partial charge in [-0.2, -0.15) is 10.4 Å². The number of ether oxygens (including phenoxy) is 2. The van der Waals surface area contributed by atoms with Crippen LogP contribution >= 0.6 is 0 Å². The number of nitrogens with two attached hydrogens (primary N) is 1. The lowest BCUT2D eigenvalue weighted by Crippen LogP contribution is -2.17. The number of nitrogens with zero attached hydrogens (tertiary/aromatic N) is 2. The fraction of sp³-hybridized carbons (Fsp3) is 0.231. The average molecular weight is 290 g/mol. The van der Waals surface area contributed by atoms with Crippen molar-refractivity contribution in [2.75, 3.05) is 19.1 Å². The lowest BCUT2D eigenvalue weighted by atomic mass is 10.2. The van der Waals surface area contributed by atoms with Gasteiger partial charge in [0, 0.05) is 5.56 Å². The predicted molar refractivity (Wildman–Crippen MR) is 74.8 cm³/mol. The molecule has 0 aromatic heterocycles. The van der Waals surface area contributed by atoms with E-state index in [-0.39, 0.29) is 17.9 Å². The minimum atomic E-state index is -0.850. The van der Waals surface area contributed by atoms with Crippen LogP contribution < -0.4 is 15.9 Å². The molecule has 0 fully saturated rings. The third-order valence-corrected chi connectivity index (χ3v) is 2.35. The molecule has 8 heteroatoms. The van der Waals surface area contributed by atoms with Gasteiger partial charge < -0.3 is 15.2 Å². The van der Waals surface area contributed by atoms with Crippen molar-refractivity contribution in [1.82, 2.24) is 0 Å². The maximum absolute atomic E-state index is 11.4. The maximum atomic E-state index is 11.4. The summed E-state index contributed by atoms with van der Waals surface area (Å²) in [5.41, 5.74) is 7.71. The number of hydrogen-bond acceptors (Lipinski definition) is 7. The average Bonchev–Trinajstić information content (AvgIpc) is 2.47. The summed E-state index contributed by atoms with van der Waals surface area (Å²) in [4.78, 5) is 22.5. The third-order valence-electron chi connectivity index (χ3n) is 2.35. The molecule has 1 aromatic carbocycles. The lowest BCUT2D eigenvalue weighted by Gasteiger charge is -2.09. The number of primary amides is 1. The molecule has 0 aliphatic carbocycles. The number of anilines is 1. The fourth-order valence-electron chi connectivity index (χ4n) is 1.38. The van der Waals surface area contributed by atoms with E-state index in [1.54, 1.807) is 13.0 Å². The summed E-state index contributed by atoms with van der Waals surface area (Å²) in [6.07, 6.45) is 0. The number of hydrazone groups is 1. The van der Waals surface area contributed by atoms with Crippen molar-refractivity contribution in [3.63, 3.8) is 0 Å². The smallest absolute Gasteiger partial charge is 0.369 e. The Labute approximate surface area is 121 Å². The molecule has 0 saturated heterocycles. The van der Waals surface area contributed by atoms with Crippen LogP contribution in [-0.2, 0) is 9.53 Å². The Morgan fingerprint density at radius 1 is 1.48 bits per heavy atom. The predicted octanol–water partition coefficient (Wildman–Crippen LogP) is 0.649. The Morgan fingerprint density at radius 3 is 2.71 bits per heavy atom. The molecule has 1 rings (SSSR count). The summed E-state index contributed by atoms with van der Waals surface area (Å²) in [6.45, 7) is 1.74. The first kappa shape index (κ1) is 16.0. The fourth-order valence-corrected chi connectivity index (χ4v) is 1.38. The van der Waals surface area contributed by atoms with Crippen molar-refractivity contribution in [3.05, 3.63) is 23.8 Å². The van der Waals surface area contributed by atoms with Gasteiger partial charge in [0.25, 0.3) is 0 Å². The minimum absolute atomic E-state index is 0.125. The number of hydrogen-bond donors (Lipinski definition) is 2. The molecular formula is C13H14N4O4. The topological polar surface area (TPSA) is 127 Å². The largest absolute Gasteiger partial charge is 0.495 e. The van der Waals surface area contributed by atoms with E-state index in [4.69, 9.17) is 15.7 Å². The molecule has 1 amide bonds. The van der Waals surface area contributed by atoms with Crippen LogP contribution in [0.4, 0.5) is 5.69 Å². The number of benzene rings is 1. The first-order valence-corrected chi connectivity index (χ1v) is 5.92. The van der Waals surface area contributed by atoms with Gasteiger partial charge in [-0.05, 0) is 25.1 Å². The molecule has 21 heavy (non-hydrogen) atoms. The van der Waals surface area contributed by atoms with Crippen molar-refractivity contribution in [2.45, 2.75) is 6.92 Å². The zero-order valence-electron chi connectivity index (χ0n) is 11.5. The first-order valence-electron chi connectivity index (χ1n) is 5.92. The summed E-state index contributed by atoms with van der Waals surface area (Å²) < 4.78 is 9.74. The SMILES string of the molecule is CCOC(=O)C(C#N)=NNc1cc(C(N)=O)ccc1OC. The number of methoxy groups -OCH3 is 1. The van der Waals surface area contributed by atoms with Crippen LogP contribution in [0.1, 0.15) is 17.3 Å². The van der Waals surface area contributed by atoms with Gasteiger partial charge in [0.1, 0.15) is 11.8 Å². The number of rotatable bonds is 6. The molecule has 0 atom stereocenters. The molecule has 1 aromatic rings. The molecule has 0 aliphatic heterocycles. The van der Waals surface area contributed by atoms with E-state index in [0.717, 1.165) is 0 Å². The molecule has 0 bridgehead atoms. The Hall–Kier alpha value is -3.08. The van der Waals surface area contributed by atoms with Gasteiger partial charge in [-0.3, -0.25) is 10.2 Å². The zero-order chi connectivity index (χ0) is 15.8. The zero-order valence-corrected chi connectivity index (χ0v) is 11.5. The van der Waals surface area contributed by atoms with E-state index < -0.39 is 17.6 Å². The van der Waals surface area contributed by atoms with Crippen LogP contribution in [0.2, 0.25) is 0 Å². The quantitative estimate of drug-likeness (QED) is 0.450. The molecule has 0 heterocycles. The molecule has 0 saturated carbocycles. The highest BCUT2D eigenvalue weighted by molar-refractivity contribution is 6.43. The Morgan fingerprint density at radius 2 is 2.19 bits per heavy atom. The summed E-state index contributed by atoms with van der Waals surface area (Å²) in [7, 11) is 1.42. The van der Waals surface area contributed by atoms with Gasteiger partial charge in [-0.1, -0.05) is 0 Å². The van der Waals surface area contributed by atoms with E-state index >= 15 is 0 Å². The van der Waals surface area contributed by atoms with Crippen molar-refractivity contribution in [3.8, 4) is 11.8 Å². The van der Waals surface area contributed by atoms with E-state index in [2.05, 4.69) is 15.3 Å². The molecule has 110 valence electrons. The number of nitrogens with one attached hydrogen (secondary N) is 1. The van der Waals surface area contributed by atoms with Gasteiger partial charge >= 0.3 is 5.97 Å². The van der Waals surface area contributed by atoms with Crippen molar-refractivity contribution in [1.29, 1.82) is 5.26 Å². The van der Waals surface area contributed by atoms with E-state index in [9.17, 15) is 9.59 Å². The van der Waals surface area contributed by atoms with Crippen LogP contribution in [-0.4, -0.2) is 31.3 Å². The van der Waals surface area contributed by atoms with Crippen LogP contribution in [0.15, 0.2) is 23.3 Å². The molecule has 0 unspecified atom stereocenters. The van der Waals surface area contributed by atoms with Crippen molar-refractivity contribution < 1.29 is 19.1 Å². The second kappa shape index (κ2) is 7.49. The van der Waals surface area contributed by atoms with Gasteiger partial charge in [-0.15, -0.1) is 0 Å². The molecule has 0 aliphatic rings. The van der Waals surface area contributed by atoms with Crippen LogP contribution in [0.5, 0.6) is 5.75 Å². The monoisotopic (exact) mass is 290 g/mol. The van der Waals surface area contributed by atoms with E-state index in [1.165, 1.54) is 25.3 Å². The lowest BCUT2D eigenvalue weighted by molar-refractivity contribution is -0.134. The van der Waals surface area contributed by atoms with Gasteiger partial charge in [0.2, 0.25) is 11.6 Å². The van der Waals surface area contributed by atoms with Crippen LogP contribution in [0.25, 0.3) is 0 Å².